The van der Waals surface area contributed by atoms with Crippen LogP contribution in [0.2, 0.25) is 0 Å². The van der Waals surface area contributed by atoms with Gasteiger partial charge in [-0.25, -0.2) is 12.7 Å². The van der Waals surface area contributed by atoms with Gasteiger partial charge in [-0.15, -0.1) is 0 Å². The molecule has 0 heterocycles. The highest BCUT2D eigenvalue weighted by molar-refractivity contribution is 7.89. The number of nitrogens with zero attached hydrogens (tertiary/aromatic N) is 2. The van der Waals surface area contributed by atoms with Crippen molar-refractivity contribution in [1.82, 2.24) is 9.21 Å². The molecule has 0 aliphatic rings. The van der Waals surface area contributed by atoms with Gasteiger partial charge in [0.15, 0.2) is 0 Å². The third-order valence-corrected chi connectivity index (χ3v) is 6.98. The maximum atomic E-state index is 13.4. The number of carbonyl (C=O) groups excluding carboxylic acids is 1. The lowest BCUT2D eigenvalue weighted by Gasteiger charge is -2.23. The average molecular weight is 437 g/mol. The van der Waals surface area contributed by atoms with Crippen LogP contribution in [0.5, 0.6) is 0 Å². The first-order valence-electron chi connectivity index (χ1n) is 10.3. The average Bonchev–Trinajstić information content (AvgIpc) is 2.80. The van der Waals surface area contributed by atoms with E-state index < -0.39 is 10.0 Å². The number of carbonyl (C=O) groups is 1. The number of sulfonamides is 1. The molecule has 1 amide bonds. The zero-order chi connectivity index (χ0) is 22.3. The Labute approximate surface area is 185 Å². The van der Waals surface area contributed by atoms with Gasteiger partial charge in [0.2, 0.25) is 10.0 Å². The van der Waals surface area contributed by atoms with E-state index in [4.69, 9.17) is 0 Å². The van der Waals surface area contributed by atoms with Crippen LogP contribution in [0.3, 0.4) is 0 Å². The lowest BCUT2D eigenvalue weighted by molar-refractivity contribution is 0.0759. The molecule has 6 heteroatoms. The molecule has 0 atom stereocenters. The maximum absolute atomic E-state index is 13.4. The van der Waals surface area contributed by atoms with Gasteiger partial charge in [-0.1, -0.05) is 66.7 Å². The SMILES string of the molecule is CN(C)S(=O)(=O)c1cccc(C(=O)N(CCc2ccccc2)CCc2ccccc2)c1. The van der Waals surface area contributed by atoms with Gasteiger partial charge in [-0.2, -0.15) is 0 Å². The second-order valence-corrected chi connectivity index (χ2v) is 9.73. The Hall–Kier alpha value is -2.96. The fraction of sp³-hybridized carbons (Fsp3) is 0.240. The van der Waals surface area contributed by atoms with Crippen LogP contribution >= 0.6 is 0 Å². The summed E-state index contributed by atoms with van der Waals surface area (Å²) < 4.78 is 26.2. The Morgan fingerprint density at radius 1 is 0.742 bits per heavy atom. The molecule has 0 saturated heterocycles. The molecule has 0 bridgehead atoms. The first kappa shape index (κ1) is 22.7. The molecule has 31 heavy (non-hydrogen) atoms. The highest BCUT2D eigenvalue weighted by Crippen LogP contribution is 2.17. The molecule has 0 aromatic heterocycles. The second-order valence-electron chi connectivity index (χ2n) is 7.58. The fourth-order valence-electron chi connectivity index (χ4n) is 3.32. The summed E-state index contributed by atoms with van der Waals surface area (Å²) in [6.45, 7) is 1.11. The second kappa shape index (κ2) is 10.4. The molecule has 5 nitrogen and oxygen atoms in total. The van der Waals surface area contributed by atoms with E-state index in [-0.39, 0.29) is 10.8 Å². The van der Waals surface area contributed by atoms with Crippen molar-refractivity contribution >= 4 is 15.9 Å². The summed E-state index contributed by atoms with van der Waals surface area (Å²) in [6.07, 6.45) is 1.47. The van der Waals surface area contributed by atoms with Crippen molar-refractivity contribution < 1.29 is 13.2 Å². The molecular weight excluding hydrogens is 408 g/mol. The maximum Gasteiger partial charge on any atom is 0.253 e. The van der Waals surface area contributed by atoms with Crippen molar-refractivity contribution in [2.75, 3.05) is 27.2 Å². The van der Waals surface area contributed by atoms with Crippen LogP contribution < -0.4 is 0 Å². The number of benzene rings is 3. The Morgan fingerprint density at radius 3 is 1.74 bits per heavy atom. The van der Waals surface area contributed by atoms with Crippen LogP contribution in [0.15, 0.2) is 89.8 Å². The predicted octanol–water partition coefficient (Wildman–Crippen LogP) is 3.86. The minimum atomic E-state index is -3.61. The van der Waals surface area contributed by atoms with Crippen LogP contribution in [-0.2, 0) is 22.9 Å². The lowest BCUT2D eigenvalue weighted by Crippen LogP contribution is -2.35. The Bertz CT molecular complexity index is 1050. The first-order valence-corrected chi connectivity index (χ1v) is 11.7. The zero-order valence-electron chi connectivity index (χ0n) is 17.9. The number of rotatable bonds is 9. The largest absolute Gasteiger partial charge is 0.338 e. The van der Waals surface area contributed by atoms with E-state index in [2.05, 4.69) is 0 Å². The van der Waals surface area contributed by atoms with Crippen LogP contribution in [0.4, 0.5) is 0 Å². The van der Waals surface area contributed by atoms with Crippen molar-refractivity contribution in [2.45, 2.75) is 17.7 Å². The molecule has 0 spiro atoms. The molecule has 3 aromatic rings. The van der Waals surface area contributed by atoms with Crippen molar-refractivity contribution in [2.24, 2.45) is 0 Å². The van der Waals surface area contributed by atoms with Crippen molar-refractivity contribution in [3.8, 4) is 0 Å². The quantitative estimate of drug-likeness (QED) is 0.512. The Balaban J connectivity index is 1.82. The van der Waals surface area contributed by atoms with Gasteiger partial charge in [0, 0.05) is 32.7 Å². The van der Waals surface area contributed by atoms with E-state index in [1.54, 1.807) is 17.0 Å². The minimum absolute atomic E-state index is 0.120. The molecule has 162 valence electrons. The third kappa shape index (κ3) is 6.03. The molecule has 0 radical (unpaired) electrons. The van der Waals surface area contributed by atoms with Gasteiger partial charge in [0.25, 0.3) is 5.91 Å². The van der Waals surface area contributed by atoms with Crippen molar-refractivity contribution in [3.63, 3.8) is 0 Å². The molecule has 3 aromatic carbocycles. The van der Waals surface area contributed by atoms with Gasteiger partial charge in [0.05, 0.1) is 4.90 Å². The number of hydrogen-bond donors (Lipinski definition) is 0. The van der Waals surface area contributed by atoms with E-state index in [9.17, 15) is 13.2 Å². The molecule has 0 aliphatic carbocycles. The van der Waals surface area contributed by atoms with Crippen LogP contribution in [0, 0.1) is 0 Å². The molecule has 0 N–H and O–H groups in total. The summed E-state index contributed by atoms with van der Waals surface area (Å²) in [5.74, 6) is -0.164. The fourth-order valence-corrected chi connectivity index (χ4v) is 4.26. The van der Waals surface area contributed by atoms with Crippen LogP contribution in [0.1, 0.15) is 21.5 Å². The van der Waals surface area contributed by atoms with Gasteiger partial charge in [0.1, 0.15) is 0 Å². The standard InChI is InChI=1S/C25H28N2O3S/c1-26(2)31(29,30)24-15-9-14-23(20-24)25(28)27(18-16-21-10-5-3-6-11-21)19-17-22-12-7-4-8-13-22/h3-15,20H,16-19H2,1-2H3. The molecular formula is C25H28N2O3S. The van der Waals surface area contributed by atoms with Crippen molar-refractivity contribution in [3.05, 3.63) is 102 Å². The monoisotopic (exact) mass is 436 g/mol. The molecule has 3 rings (SSSR count). The van der Waals surface area contributed by atoms with Crippen molar-refractivity contribution in [1.29, 1.82) is 0 Å². The van der Waals surface area contributed by atoms with Gasteiger partial charge >= 0.3 is 0 Å². The highest BCUT2D eigenvalue weighted by atomic mass is 32.2. The van der Waals surface area contributed by atoms with E-state index >= 15 is 0 Å². The molecule has 0 fully saturated rings. The van der Waals surface area contributed by atoms with Gasteiger partial charge < -0.3 is 4.90 Å². The van der Waals surface area contributed by atoms with E-state index in [0.717, 1.165) is 28.3 Å². The summed E-state index contributed by atoms with van der Waals surface area (Å²) in [6, 6.07) is 26.4. The van der Waals surface area contributed by atoms with E-state index in [1.807, 2.05) is 60.7 Å². The van der Waals surface area contributed by atoms with Gasteiger partial charge in [-0.3, -0.25) is 4.79 Å². The lowest BCUT2D eigenvalue weighted by atomic mass is 10.1. The molecule has 0 saturated carbocycles. The minimum Gasteiger partial charge on any atom is -0.338 e. The Morgan fingerprint density at radius 2 is 1.26 bits per heavy atom. The summed E-state index contributed by atoms with van der Waals surface area (Å²) in [5.41, 5.74) is 2.69. The van der Waals surface area contributed by atoms with Crippen LogP contribution in [0.25, 0.3) is 0 Å². The van der Waals surface area contributed by atoms with E-state index in [1.165, 1.54) is 26.2 Å². The van der Waals surface area contributed by atoms with Crippen LogP contribution in [-0.4, -0.2) is 50.7 Å². The molecule has 0 unspecified atom stereocenters. The highest BCUT2D eigenvalue weighted by Gasteiger charge is 2.21. The first-order chi connectivity index (χ1) is 14.9. The third-order valence-electron chi connectivity index (χ3n) is 5.17. The summed E-state index contributed by atoms with van der Waals surface area (Å²) in [7, 11) is -0.643. The summed E-state index contributed by atoms with van der Waals surface area (Å²) >= 11 is 0. The smallest absolute Gasteiger partial charge is 0.253 e. The molecule has 0 aliphatic heterocycles. The number of amides is 1. The topological polar surface area (TPSA) is 57.7 Å². The summed E-state index contributed by atoms with van der Waals surface area (Å²) in [4.78, 5) is 15.3. The van der Waals surface area contributed by atoms with Gasteiger partial charge in [-0.05, 0) is 42.2 Å². The number of hydrogen-bond acceptors (Lipinski definition) is 3. The normalized spacial score (nSPS) is 11.5. The summed E-state index contributed by atoms with van der Waals surface area (Å²) in [5, 5.41) is 0. The predicted molar refractivity (Wildman–Crippen MR) is 124 cm³/mol. The van der Waals surface area contributed by atoms with E-state index in [0.29, 0.717) is 18.7 Å². The Kier molecular flexibility index (Phi) is 7.60. The zero-order valence-corrected chi connectivity index (χ0v) is 18.8.